The van der Waals surface area contributed by atoms with E-state index in [0.717, 1.165) is 11.3 Å². The summed E-state index contributed by atoms with van der Waals surface area (Å²) in [5.74, 6) is -2.15. The number of oxime groups is 1. The van der Waals surface area contributed by atoms with Crippen molar-refractivity contribution in [3.63, 3.8) is 0 Å². The average molecular weight is 446 g/mol. The summed E-state index contributed by atoms with van der Waals surface area (Å²) in [6.45, 7) is 6.71. The maximum Gasteiger partial charge on any atom is 0.303 e. The number of aliphatic carboxylic acids is 2. The number of carbonyl (C=O) groups is 2. The lowest BCUT2D eigenvalue weighted by Gasteiger charge is -2.22. The number of aliphatic hydroxyl groups excluding tert-OH is 1. The lowest BCUT2D eigenvalue weighted by atomic mass is 10.1. The standard InChI is InChI=1S/C19H25N3O2.C4H6O4/c1-19(2,3)21-13-16(23)14-24-22-18(15-9-5-4-6-10-15)17-11-7-8-12-20-17;5-3(6)1-2-4(7)8/h4-12,16,21,23H,13-14H2,1-3H3;1-2H2,(H,5,6)(H,7,8)/b22-18+;. The molecule has 2 rings (SSSR count). The van der Waals surface area contributed by atoms with Gasteiger partial charge in [0.2, 0.25) is 0 Å². The summed E-state index contributed by atoms with van der Waals surface area (Å²) in [4.78, 5) is 29.0. The van der Waals surface area contributed by atoms with Gasteiger partial charge in [-0.25, -0.2) is 0 Å². The third-order valence-electron chi connectivity index (χ3n) is 3.80. The van der Waals surface area contributed by atoms with Gasteiger partial charge in [-0.1, -0.05) is 41.6 Å². The van der Waals surface area contributed by atoms with Crippen LogP contribution >= 0.6 is 0 Å². The first-order valence-electron chi connectivity index (χ1n) is 10.1. The fourth-order valence-corrected chi connectivity index (χ4v) is 2.23. The zero-order chi connectivity index (χ0) is 24.0. The van der Waals surface area contributed by atoms with Gasteiger partial charge in [0.1, 0.15) is 18.4 Å². The van der Waals surface area contributed by atoms with Gasteiger partial charge in [0.25, 0.3) is 0 Å². The van der Waals surface area contributed by atoms with Gasteiger partial charge in [0.05, 0.1) is 18.5 Å². The zero-order valence-electron chi connectivity index (χ0n) is 18.6. The molecule has 0 saturated heterocycles. The quantitative estimate of drug-likeness (QED) is 0.323. The van der Waals surface area contributed by atoms with Crippen LogP contribution < -0.4 is 5.32 Å². The van der Waals surface area contributed by atoms with Gasteiger partial charge in [-0.2, -0.15) is 0 Å². The summed E-state index contributed by atoms with van der Waals surface area (Å²) in [6.07, 6.45) is 0.495. The largest absolute Gasteiger partial charge is 0.481 e. The molecule has 0 aliphatic carbocycles. The molecule has 2 aromatic rings. The van der Waals surface area contributed by atoms with Gasteiger partial charge in [-0.3, -0.25) is 14.6 Å². The van der Waals surface area contributed by atoms with Crippen LogP contribution in [-0.4, -0.2) is 62.7 Å². The number of benzene rings is 1. The minimum Gasteiger partial charge on any atom is -0.481 e. The number of nitrogens with one attached hydrogen (secondary N) is 1. The van der Waals surface area contributed by atoms with Crippen molar-refractivity contribution in [3.8, 4) is 0 Å². The molecular formula is C23H31N3O6. The molecule has 9 nitrogen and oxygen atoms in total. The van der Waals surface area contributed by atoms with Crippen LogP contribution in [0.2, 0.25) is 0 Å². The number of carboxylic acids is 2. The molecule has 1 aromatic heterocycles. The van der Waals surface area contributed by atoms with E-state index in [-0.39, 0.29) is 25.0 Å². The average Bonchev–Trinajstić information content (AvgIpc) is 2.75. The Morgan fingerprint density at radius 2 is 1.62 bits per heavy atom. The Kier molecular flexibility index (Phi) is 11.6. The van der Waals surface area contributed by atoms with E-state index in [4.69, 9.17) is 15.1 Å². The summed E-state index contributed by atoms with van der Waals surface area (Å²) in [6, 6.07) is 15.4. The summed E-state index contributed by atoms with van der Waals surface area (Å²) in [7, 11) is 0. The van der Waals surface area contributed by atoms with Crippen LogP contribution in [0.3, 0.4) is 0 Å². The smallest absolute Gasteiger partial charge is 0.303 e. The second-order valence-corrected chi connectivity index (χ2v) is 7.89. The first kappa shape index (κ1) is 26.7. The Balaban J connectivity index is 0.000000547. The van der Waals surface area contributed by atoms with Crippen LogP contribution in [-0.2, 0) is 14.4 Å². The number of nitrogens with zero attached hydrogens (tertiary/aromatic N) is 2. The highest BCUT2D eigenvalue weighted by atomic mass is 16.6. The van der Waals surface area contributed by atoms with Crippen molar-refractivity contribution < 1.29 is 29.7 Å². The molecule has 32 heavy (non-hydrogen) atoms. The third kappa shape index (κ3) is 12.4. The molecule has 0 radical (unpaired) electrons. The second kappa shape index (κ2) is 13.9. The highest BCUT2D eigenvalue weighted by Gasteiger charge is 2.13. The molecule has 174 valence electrons. The molecule has 1 heterocycles. The van der Waals surface area contributed by atoms with Crippen molar-refractivity contribution in [3.05, 3.63) is 66.0 Å². The molecule has 0 aliphatic rings. The Hall–Kier alpha value is -3.30. The molecule has 1 unspecified atom stereocenters. The van der Waals surface area contributed by atoms with Crippen LogP contribution in [0.25, 0.3) is 0 Å². The van der Waals surface area contributed by atoms with E-state index in [0.29, 0.717) is 12.3 Å². The lowest BCUT2D eigenvalue weighted by molar-refractivity contribution is -0.143. The monoisotopic (exact) mass is 445 g/mol. The van der Waals surface area contributed by atoms with Crippen molar-refractivity contribution in [1.29, 1.82) is 0 Å². The summed E-state index contributed by atoms with van der Waals surface area (Å²) in [5, 5.41) is 33.2. The van der Waals surface area contributed by atoms with Gasteiger partial charge in [-0.15, -0.1) is 0 Å². The van der Waals surface area contributed by atoms with Crippen molar-refractivity contribution in [2.24, 2.45) is 5.16 Å². The Morgan fingerprint density at radius 3 is 2.12 bits per heavy atom. The van der Waals surface area contributed by atoms with Crippen molar-refractivity contribution in [2.75, 3.05) is 13.2 Å². The van der Waals surface area contributed by atoms with Crippen LogP contribution in [0.1, 0.15) is 44.9 Å². The SMILES string of the molecule is CC(C)(C)NCC(O)CO/N=C(\c1ccccc1)c1ccccn1.O=C(O)CCC(=O)O. The molecule has 0 amide bonds. The Bertz CT molecular complexity index is 796. The van der Waals surface area contributed by atoms with E-state index in [1.807, 2.05) is 69.3 Å². The van der Waals surface area contributed by atoms with E-state index in [9.17, 15) is 14.7 Å². The van der Waals surface area contributed by atoms with Gasteiger partial charge < -0.3 is 25.5 Å². The number of carboxylic acid groups (broad SMARTS) is 2. The molecule has 0 saturated carbocycles. The Labute approximate surface area is 187 Å². The van der Waals surface area contributed by atoms with Gasteiger partial charge in [0.15, 0.2) is 0 Å². The molecule has 0 spiro atoms. The fourth-order valence-electron chi connectivity index (χ4n) is 2.23. The predicted molar refractivity (Wildman–Crippen MR) is 121 cm³/mol. The van der Waals surface area contributed by atoms with Gasteiger partial charge in [0, 0.05) is 23.8 Å². The first-order valence-corrected chi connectivity index (χ1v) is 10.1. The molecular weight excluding hydrogens is 414 g/mol. The second-order valence-electron chi connectivity index (χ2n) is 7.89. The highest BCUT2D eigenvalue weighted by Crippen LogP contribution is 2.09. The fraction of sp³-hybridized carbons (Fsp3) is 0.391. The van der Waals surface area contributed by atoms with E-state index in [1.165, 1.54) is 0 Å². The number of aliphatic hydroxyl groups is 1. The lowest BCUT2D eigenvalue weighted by Crippen LogP contribution is -2.42. The van der Waals surface area contributed by atoms with Crippen molar-refractivity contribution >= 4 is 17.7 Å². The van der Waals surface area contributed by atoms with Crippen LogP contribution in [0.15, 0.2) is 59.9 Å². The summed E-state index contributed by atoms with van der Waals surface area (Å²) in [5.41, 5.74) is 2.24. The molecule has 1 aromatic carbocycles. The molecule has 0 fully saturated rings. The predicted octanol–water partition coefficient (Wildman–Crippen LogP) is 2.54. The van der Waals surface area contributed by atoms with Gasteiger partial charge in [-0.05, 0) is 32.9 Å². The molecule has 0 aliphatic heterocycles. The molecule has 4 N–H and O–H groups in total. The maximum absolute atomic E-state index is 9.99. The third-order valence-corrected chi connectivity index (χ3v) is 3.80. The Morgan fingerprint density at radius 1 is 1.03 bits per heavy atom. The minimum atomic E-state index is -1.08. The van der Waals surface area contributed by atoms with Crippen LogP contribution in [0.5, 0.6) is 0 Å². The summed E-state index contributed by atoms with van der Waals surface area (Å²) < 4.78 is 0. The van der Waals surface area contributed by atoms with Crippen LogP contribution in [0, 0.1) is 0 Å². The maximum atomic E-state index is 9.99. The van der Waals surface area contributed by atoms with Gasteiger partial charge >= 0.3 is 11.9 Å². The molecule has 0 bridgehead atoms. The summed E-state index contributed by atoms with van der Waals surface area (Å²) >= 11 is 0. The number of hydrogen-bond acceptors (Lipinski definition) is 7. The molecule has 1 atom stereocenters. The number of aromatic nitrogens is 1. The van der Waals surface area contributed by atoms with E-state index < -0.39 is 18.0 Å². The number of rotatable bonds is 10. The van der Waals surface area contributed by atoms with E-state index >= 15 is 0 Å². The normalized spacial score (nSPS) is 12.3. The zero-order valence-corrected chi connectivity index (χ0v) is 18.6. The topological polar surface area (TPSA) is 141 Å². The number of β-amino-alcohol motifs (C(OH)–C–C–N with tert-alkyl or cyclic N) is 1. The highest BCUT2D eigenvalue weighted by molar-refractivity contribution is 6.11. The molecule has 9 heteroatoms. The first-order chi connectivity index (χ1) is 15.1. The van der Waals surface area contributed by atoms with Crippen molar-refractivity contribution in [1.82, 2.24) is 10.3 Å². The number of pyridine rings is 1. The number of hydrogen-bond donors (Lipinski definition) is 4. The van der Waals surface area contributed by atoms with E-state index in [1.54, 1.807) is 6.20 Å². The van der Waals surface area contributed by atoms with E-state index in [2.05, 4.69) is 15.5 Å². The van der Waals surface area contributed by atoms with Crippen LogP contribution in [0.4, 0.5) is 0 Å². The van der Waals surface area contributed by atoms with Crippen molar-refractivity contribution in [2.45, 2.75) is 45.3 Å². The minimum absolute atomic E-state index is 0.0482.